The van der Waals surface area contributed by atoms with Gasteiger partial charge in [0.15, 0.2) is 6.61 Å². The molecule has 2 rings (SSSR count). The molecule has 2 N–H and O–H groups in total. The maximum atomic E-state index is 12.2. The molecule has 0 spiro atoms. The monoisotopic (exact) mass is 330 g/mol. The van der Waals surface area contributed by atoms with Crippen LogP contribution in [0.15, 0.2) is 18.2 Å². The fraction of sp³-hybridized carbons (Fsp3) is 0.562. The molecule has 0 bridgehead atoms. The second-order valence-corrected chi connectivity index (χ2v) is 5.95. The zero-order valence-electron chi connectivity index (χ0n) is 13.2. The molecule has 1 saturated heterocycles. The molecule has 23 heavy (non-hydrogen) atoms. The van der Waals surface area contributed by atoms with Crippen molar-refractivity contribution in [2.75, 3.05) is 18.5 Å². The summed E-state index contributed by atoms with van der Waals surface area (Å²) in [5, 5.41) is 6.11. The second-order valence-electron chi connectivity index (χ2n) is 5.95. The molecule has 4 nitrogen and oxygen atoms in total. The third kappa shape index (κ3) is 5.42. The number of hydrogen-bond acceptors (Lipinski definition) is 3. The molecular weight excluding hydrogens is 309 g/mol. The summed E-state index contributed by atoms with van der Waals surface area (Å²) in [5.41, 5.74) is 1.11. The lowest BCUT2D eigenvalue weighted by molar-refractivity contribution is -0.153. The minimum atomic E-state index is -4.37. The van der Waals surface area contributed by atoms with Crippen molar-refractivity contribution in [1.82, 2.24) is 5.32 Å². The molecule has 1 heterocycles. The fourth-order valence-corrected chi connectivity index (χ4v) is 2.66. The number of carbonyl (C=O) groups is 1. The maximum absolute atomic E-state index is 12.2. The molecule has 7 heteroatoms. The van der Waals surface area contributed by atoms with Gasteiger partial charge in [-0.3, -0.25) is 4.79 Å². The minimum absolute atomic E-state index is 0.0484. The summed E-state index contributed by atoms with van der Waals surface area (Å²) in [4.78, 5) is 12.2. The van der Waals surface area contributed by atoms with Crippen LogP contribution in [0.1, 0.15) is 25.3 Å². The number of carbonyl (C=O) groups excluding carboxylic acids is 1. The average molecular weight is 330 g/mol. The molecule has 1 aliphatic heterocycles. The summed E-state index contributed by atoms with van der Waals surface area (Å²) in [7, 11) is 0. The second kappa shape index (κ2) is 7.21. The largest absolute Gasteiger partial charge is 0.484 e. The number of benzene rings is 1. The fourth-order valence-electron chi connectivity index (χ4n) is 2.66. The van der Waals surface area contributed by atoms with Crippen LogP contribution >= 0.6 is 0 Å². The highest BCUT2D eigenvalue weighted by molar-refractivity contribution is 5.92. The number of hydrogen-bond donors (Lipinski definition) is 2. The van der Waals surface area contributed by atoms with E-state index in [4.69, 9.17) is 4.74 Å². The first-order valence-electron chi connectivity index (χ1n) is 7.59. The lowest BCUT2D eigenvalue weighted by atomic mass is 9.92. The van der Waals surface area contributed by atoms with Crippen molar-refractivity contribution >= 4 is 11.6 Å². The molecule has 0 saturated carbocycles. The molecule has 2 atom stereocenters. The third-order valence-corrected chi connectivity index (χ3v) is 3.83. The van der Waals surface area contributed by atoms with Crippen molar-refractivity contribution in [2.24, 2.45) is 5.92 Å². The molecule has 0 aromatic heterocycles. The number of aryl methyl sites for hydroxylation is 1. The highest BCUT2D eigenvalue weighted by atomic mass is 19.4. The van der Waals surface area contributed by atoms with E-state index in [0.717, 1.165) is 19.4 Å². The van der Waals surface area contributed by atoms with Gasteiger partial charge in [0.25, 0.3) is 0 Å². The van der Waals surface area contributed by atoms with Crippen LogP contribution in [0.4, 0.5) is 18.9 Å². The van der Waals surface area contributed by atoms with Crippen molar-refractivity contribution < 1.29 is 22.7 Å². The Bertz CT molecular complexity index is 561. The molecule has 0 radical (unpaired) electrons. The number of nitrogens with one attached hydrogen (secondary N) is 2. The van der Waals surface area contributed by atoms with Crippen molar-refractivity contribution in [3.63, 3.8) is 0 Å². The van der Waals surface area contributed by atoms with E-state index in [0.29, 0.717) is 17.3 Å². The molecule has 1 amide bonds. The van der Waals surface area contributed by atoms with Crippen molar-refractivity contribution in [1.29, 1.82) is 0 Å². The van der Waals surface area contributed by atoms with Crippen LogP contribution < -0.4 is 15.4 Å². The van der Waals surface area contributed by atoms with Crippen LogP contribution in [0.5, 0.6) is 5.75 Å². The van der Waals surface area contributed by atoms with Crippen molar-refractivity contribution in [3.05, 3.63) is 23.8 Å². The summed E-state index contributed by atoms with van der Waals surface area (Å²) in [5.74, 6) is 0.0604. The topological polar surface area (TPSA) is 50.4 Å². The maximum Gasteiger partial charge on any atom is 0.422 e. The first kappa shape index (κ1) is 17.6. The lowest BCUT2D eigenvalue weighted by Gasteiger charge is -2.27. The van der Waals surface area contributed by atoms with Crippen LogP contribution in [-0.4, -0.2) is 31.3 Å². The number of alkyl halides is 3. The van der Waals surface area contributed by atoms with Gasteiger partial charge in [0.1, 0.15) is 5.75 Å². The van der Waals surface area contributed by atoms with E-state index in [-0.39, 0.29) is 17.6 Å². The summed E-state index contributed by atoms with van der Waals surface area (Å²) in [6.45, 7) is 3.17. The van der Waals surface area contributed by atoms with E-state index >= 15 is 0 Å². The smallest absolute Gasteiger partial charge is 0.422 e. The predicted molar refractivity (Wildman–Crippen MR) is 81.5 cm³/mol. The van der Waals surface area contributed by atoms with E-state index in [1.54, 1.807) is 19.1 Å². The summed E-state index contributed by atoms with van der Waals surface area (Å²) in [6, 6.07) is 4.93. The molecule has 1 aromatic carbocycles. The summed E-state index contributed by atoms with van der Waals surface area (Å²) in [6.07, 6.45) is -2.81. The van der Waals surface area contributed by atoms with Gasteiger partial charge >= 0.3 is 6.18 Å². The Kier molecular flexibility index (Phi) is 5.51. The normalized spacial score (nSPS) is 21.8. The molecule has 1 fully saturated rings. The van der Waals surface area contributed by atoms with Crippen LogP contribution in [0.3, 0.4) is 0 Å². The average Bonchev–Trinajstić information content (AvgIpc) is 2.45. The molecule has 0 aliphatic carbocycles. The zero-order valence-corrected chi connectivity index (χ0v) is 13.2. The van der Waals surface area contributed by atoms with E-state index in [9.17, 15) is 18.0 Å². The van der Waals surface area contributed by atoms with Gasteiger partial charge in [-0.15, -0.1) is 0 Å². The summed E-state index contributed by atoms with van der Waals surface area (Å²) >= 11 is 0. The minimum Gasteiger partial charge on any atom is -0.484 e. The Labute approximate surface area is 133 Å². The number of amides is 1. The Hall–Kier alpha value is -1.76. The molecule has 128 valence electrons. The van der Waals surface area contributed by atoms with Gasteiger partial charge < -0.3 is 15.4 Å². The van der Waals surface area contributed by atoms with Crippen LogP contribution in [0.25, 0.3) is 0 Å². The number of piperidine rings is 1. The molecular formula is C16H21F3N2O2. The molecule has 1 aromatic rings. The number of ether oxygens (including phenoxy) is 1. The number of rotatable bonds is 4. The van der Waals surface area contributed by atoms with Gasteiger partial charge in [-0.25, -0.2) is 0 Å². The van der Waals surface area contributed by atoms with E-state index in [1.165, 1.54) is 6.07 Å². The van der Waals surface area contributed by atoms with E-state index in [1.807, 2.05) is 6.92 Å². The van der Waals surface area contributed by atoms with Gasteiger partial charge in [0.05, 0.1) is 0 Å². The first-order chi connectivity index (χ1) is 10.7. The van der Waals surface area contributed by atoms with E-state index in [2.05, 4.69) is 10.6 Å². The third-order valence-electron chi connectivity index (χ3n) is 3.83. The van der Waals surface area contributed by atoms with Crippen LogP contribution in [0.2, 0.25) is 0 Å². The van der Waals surface area contributed by atoms with Crippen LogP contribution in [-0.2, 0) is 4.79 Å². The molecule has 0 unspecified atom stereocenters. The quantitative estimate of drug-likeness (QED) is 0.891. The van der Waals surface area contributed by atoms with Gasteiger partial charge in [0, 0.05) is 17.6 Å². The number of halogens is 3. The summed E-state index contributed by atoms with van der Waals surface area (Å²) < 4.78 is 41.3. The van der Waals surface area contributed by atoms with Crippen molar-refractivity contribution in [3.8, 4) is 5.75 Å². The standard InChI is InChI=1S/C16H21F3N2O2/c1-10-7-13(3-4-14(10)23-9-16(17,18)19)21-15(22)12-5-6-20-11(2)8-12/h3-4,7,11-12,20H,5-6,8-9H2,1-2H3,(H,21,22)/t11-,12-/m0/s1. The van der Waals surface area contributed by atoms with Crippen molar-refractivity contribution in [2.45, 2.75) is 38.9 Å². The zero-order chi connectivity index (χ0) is 17.0. The van der Waals surface area contributed by atoms with Crippen LogP contribution in [0, 0.1) is 12.8 Å². The van der Waals surface area contributed by atoms with Gasteiger partial charge in [-0.05, 0) is 57.0 Å². The lowest BCUT2D eigenvalue weighted by Crippen LogP contribution is -2.40. The Morgan fingerprint density at radius 1 is 1.43 bits per heavy atom. The Balaban J connectivity index is 1.96. The van der Waals surface area contributed by atoms with Gasteiger partial charge in [0.2, 0.25) is 5.91 Å². The predicted octanol–water partition coefficient (Wildman–Crippen LogP) is 3.26. The Morgan fingerprint density at radius 3 is 2.78 bits per heavy atom. The first-order valence-corrected chi connectivity index (χ1v) is 7.59. The highest BCUT2D eigenvalue weighted by Gasteiger charge is 2.29. The van der Waals surface area contributed by atoms with Gasteiger partial charge in [-0.1, -0.05) is 0 Å². The van der Waals surface area contributed by atoms with E-state index < -0.39 is 12.8 Å². The SMILES string of the molecule is Cc1cc(NC(=O)[C@H]2CCN[C@@H](C)C2)ccc1OCC(F)(F)F. The number of anilines is 1. The Morgan fingerprint density at radius 2 is 2.17 bits per heavy atom. The molecule has 1 aliphatic rings. The highest BCUT2D eigenvalue weighted by Crippen LogP contribution is 2.25. The van der Waals surface area contributed by atoms with Gasteiger partial charge in [-0.2, -0.15) is 13.2 Å².